The number of halogens is 3. The van der Waals surface area contributed by atoms with Crippen LogP contribution in [0, 0.1) is 17.8 Å². The van der Waals surface area contributed by atoms with Crippen molar-refractivity contribution in [2.75, 3.05) is 5.32 Å². The molecular formula is C17H21F3N2O. The molecule has 2 aliphatic rings. The van der Waals surface area contributed by atoms with Crippen LogP contribution in [0.1, 0.15) is 38.2 Å². The Morgan fingerprint density at radius 2 is 2.04 bits per heavy atom. The largest absolute Gasteiger partial charge is 0.416 e. The van der Waals surface area contributed by atoms with Gasteiger partial charge in [-0.3, -0.25) is 0 Å². The van der Waals surface area contributed by atoms with Gasteiger partial charge in [0.1, 0.15) is 0 Å². The lowest BCUT2D eigenvalue weighted by molar-refractivity contribution is -0.137. The van der Waals surface area contributed by atoms with Crippen molar-refractivity contribution < 1.29 is 18.0 Å². The Kier molecular flexibility index (Phi) is 4.25. The van der Waals surface area contributed by atoms with Crippen molar-refractivity contribution in [3.63, 3.8) is 0 Å². The normalized spacial score (nSPS) is 27.7. The van der Waals surface area contributed by atoms with E-state index in [2.05, 4.69) is 10.6 Å². The highest BCUT2D eigenvalue weighted by Crippen LogP contribution is 2.49. The molecule has 2 saturated carbocycles. The molecule has 2 aliphatic carbocycles. The summed E-state index contributed by atoms with van der Waals surface area (Å²) in [6, 6.07) is 4.27. The number of carbonyl (C=O) groups is 1. The fraction of sp³-hybridized carbons (Fsp3) is 0.588. The lowest BCUT2D eigenvalue weighted by Gasteiger charge is -2.28. The molecule has 0 heterocycles. The van der Waals surface area contributed by atoms with Gasteiger partial charge < -0.3 is 10.6 Å². The number of benzene rings is 1. The van der Waals surface area contributed by atoms with Gasteiger partial charge >= 0.3 is 12.2 Å². The fourth-order valence-corrected chi connectivity index (χ4v) is 4.16. The van der Waals surface area contributed by atoms with Gasteiger partial charge in [0.25, 0.3) is 0 Å². The minimum atomic E-state index is -4.41. The Hall–Kier alpha value is -1.72. The number of hydrogen-bond acceptors (Lipinski definition) is 1. The average molecular weight is 326 g/mol. The first-order valence-corrected chi connectivity index (χ1v) is 8.07. The first-order valence-electron chi connectivity index (χ1n) is 8.07. The van der Waals surface area contributed by atoms with Crippen LogP contribution in [-0.2, 0) is 6.18 Å². The molecule has 0 spiro atoms. The van der Waals surface area contributed by atoms with Gasteiger partial charge in [0.15, 0.2) is 0 Å². The highest BCUT2D eigenvalue weighted by molar-refractivity contribution is 5.89. The van der Waals surface area contributed by atoms with Crippen LogP contribution in [0.2, 0.25) is 0 Å². The van der Waals surface area contributed by atoms with Gasteiger partial charge in [-0.25, -0.2) is 4.79 Å². The zero-order valence-electron chi connectivity index (χ0n) is 13.0. The first-order chi connectivity index (χ1) is 10.8. The summed E-state index contributed by atoms with van der Waals surface area (Å²) in [4.78, 5) is 12.0. The number of carbonyl (C=O) groups excluding carboxylic acids is 1. The molecule has 4 atom stereocenters. The zero-order valence-corrected chi connectivity index (χ0v) is 13.0. The monoisotopic (exact) mass is 326 g/mol. The molecular weight excluding hydrogens is 305 g/mol. The molecule has 3 nitrogen and oxygen atoms in total. The number of alkyl halides is 3. The summed E-state index contributed by atoms with van der Waals surface area (Å²) < 4.78 is 38.0. The number of hydrogen-bond donors (Lipinski definition) is 2. The summed E-state index contributed by atoms with van der Waals surface area (Å²) in [6.07, 6.45) is 0.521. The molecule has 6 heteroatoms. The van der Waals surface area contributed by atoms with Crippen molar-refractivity contribution >= 4 is 11.7 Å². The van der Waals surface area contributed by atoms with Crippen molar-refractivity contribution in [2.24, 2.45) is 17.8 Å². The highest BCUT2D eigenvalue weighted by atomic mass is 19.4. The van der Waals surface area contributed by atoms with Gasteiger partial charge in [0, 0.05) is 11.7 Å². The Balaban J connectivity index is 1.57. The van der Waals surface area contributed by atoms with Crippen molar-refractivity contribution in [3.8, 4) is 0 Å². The van der Waals surface area contributed by atoms with E-state index in [1.807, 2.05) is 6.92 Å². The van der Waals surface area contributed by atoms with Crippen molar-refractivity contribution in [3.05, 3.63) is 29.8 Å². The van der Waals surface area contributed by atoms with E-state index in [0.29, 0.717) is 11.8 Å². The molecule has 1 aromatic carbocycles. The van der Waals surface area contributed by atoms with Gasteiger partial charge in [-0.1, -0.05) is 12.5 Å². The number of rotatable bonds is 3. The van der Waals surface area contributed by atoms with Crippen molar-refractivity contribution in [1.82, 2.24) is 5.32 Å². The van der Waals surface area contributed by atoms with Gasteiger partial charge in [-0.05, 0) is 62.1 Å². The van der Waals surface area contributed by atoms with E-state index in [-0.39, 0.29) is 11.7 Å². The minimum absolute atomic E-state index is 0.0381. The van der Waals surface area contributed by atoms with Gasteiger partial charge in [0.2, 0.25) is 0 Å². The number of nitrogens with one attached hydrogen (secondary N) is 2. The Morgan fingerprint density at radius 1 is 1.26 bits per heavy atom. The van der Waals surface area contributed by atoms with Crippen LogP contribution in [0.3, 0.4) is 0 Å². The lowest BCUT2D eigenvalue weighted by atomic mass is 9.84. The van der Waals surface area contributed by atoms with E-state index in [1.54, 1.807) is 0 Å². The molecule has 3 rings (SSSR count). The van der Waals surface area contributed by atoms with E-state index in [0.717, 1.165) is 24.5 Å². The standard InChI is InChI=1S/C17H21F3N2O/c1-10(15-8-11-5-6-12(15)7-11)21-16(23)22-14-4-2-3-13(9-14)17(18,19)20/h2-4,9-12,15H,5-8H2,1H3,(H2,21,22,23)/t10-,11-,12-,15-/m1/s1. The van der Waals surface area contributed by atoms with Gasteiger partial charge in [-0.15, -0.1) is 0 Å². The van der Waals surface area contributed by atoms with Crippen LogP contribution in [0.15, 0.2) is 24.3 Å². The maximum atomic E-state index is 12.7. The molecule has 2 N–H and O–H groups in total. The number of amides is 2. The number of fused-ring (bicyclic) bond motifs is 2. The summed E-state index contributed by atoms with van der Waals surface area (Å²) in [5, 5.41) is 5.38. The van der Waals surface area contributed by atoms with Crippen LogP contribution < -0.4 is 10.6 Å². The summed E-state index contributed by atoms with van der Waals surface area (Å²) in [5.74, 6) is 1.96. The third-order valence-corrected chi connectivity index (χ3v) is 5.24. The van der Waals surface area contributed by atoms with Crippen LogP contribution in [0.5, 0.6) is 0 Å². The molecule has 0 radical (unpaired) electrons. The second-order valence-corrected chi connectivity index (χ2v) is 6.80. The predicted molar refractivity (Wildman–Crippen MR) is 82.0 cm³/mol. The van der Waals surface area contributed by atoms with Crippen LogP contribution in [0.4, 0.5) is 23.7 Å². The predicted octanol–water partition coefficient (Wildman–Crippen LogP) is 4.65. The maximum absolute atomic E-state index is 12.7. The van der Waals surface area contributed by atoms with Crippen LogP contribution in [-0.4, -0.2) is 12.1 Å². The van der Waals surface area contributed by atoms with E-state index in [9.17, 15) is 18.0 Å². The molecule has 126 valence electrons. The second kappa shape index (κ2) is 6.06. The SMILES string of the molecule is C[C@@H](NC(=O)Nc1cccc(C(F)(F)F)c1)[C@H]1C[C@@H]2CC[C@@H]1C2. The topological polar surface area (TPSA) is 41.1 Å². The smallest absolute Gasteiger partial charge is 0.335 e. The summed E-state index contributed by atoms with van der Waals surface area (Å²) in [5.41, 5.74) is -0.617. The Labute approximate surface area is 133 Å². The molecule has 2 fully saturated rings. The number of urea groups is 1. The first kappa shape index (κ1) is 16.1. The molecule has 2 bridgehead atoms. The summed E-state index contributed by atoms with van der Waals surface area (Å²) in [6.45, 7) is 1.98. The van der Waals surface area contributed by atoms with Crippen molar-refractivity contribution in [1.29, 1.82) is 0 Å². The Morgan fingerprint density at radius 3 is 2.65 bits per heavy atom. The maximum Gasteiger partial charge on any atom is 0.416 e. The van der Waals surface area contributed by atoms with Crippen LogP contribution >= 0.6 is 0 Å². The molecule has 0 unspecified atom stereocenters. The van der Waals surface area contributed by atoms with Gasteiger partial charge in [-0.2, -0.15) is 13.2 Å². The highest BCUT2D eigenvalue weighted by Gasteiger charge is 2.42. The molecule has 2 amide bonds. The summed E-state index contributed by atoms with van der Waals surface area (Å²) >= 11 is 0. The van der Waals surface area contributed by atoms with Gasteiger partial charge in [0.05, 0.1) is 5.56 Å². The minimum Gasteiger partial charge on any atom is -0.335 e. The third kappa shape index (κ3) is 3.62. The third-order valence-electron chi connectivity index (χ3n) is 5.24. The average Bonchev–Trinajstić information content (AvgIpc) is 3.09. The molecule has 23 heavy (non-hydrogen) atoms. The molecule has 1 aromatic rings. The quantitative estimate of drug-likeness (QED) is 0.834. The second-order valence-electron chi connectivity index (χ2n) is 6.80. The Bertz CT molecular complexity index is 587. The number of anilines is 1. The fourth-order valence-electron chi connectivity index (χ4n) is 4.16. The van der Waals surface area contributed by atoms with Crippen LogP contribution in [0.25, 0.3) is 0 Å². The van der Waals surface area contributed by atoms with E-state index in [4.69, 9.17) is 0 Å². The molecule has 0 aliphatic heterocycles. The van der Waals surface area contributed by atoms with Crippen molar-refractivity contribution in [2.45, 2.75) is 44.8 Å². The molecule has 0 saturated heterocycles. The van der Waals surface area contributed by atoms with E-state index >= 15 is 0 Å². The lowest BCUT2D eigenvalue weighted by Crippen LogP contribution is -2.42. The zero-order chi connectivity index (χ0) is 16.6. The summed E-state index contributed by atoms with van der Waals surface area (Å²) in [7, 11) is 0. The van der Waals surface area contributed by atoms with E-state index in [1.165, 1.54) is 31.4 Å². The van der Waals surface area contributed by atoms with E-state index < -0.39 is 17.8 Å². The molecule has 0 aromatic heterocycles.